The Morgan fingerprint density at radius 2 is 2.18 bits per heavy atom. The third-order valence-corrected chi connectivity index (χ3v) is 5.61. The van der Waals surface area contributed by atoms with Crippen LogP contribution in [0.25, 0.3) is 0 Å². The lowest BCUT2D eigenvalue weighted by Gasteiger charge is -2.35. The van der Waals surface area contributed by atoms with Gasteiger partial charge >= 0.3 is 5.97 Å². The number of esters is 1. The Morgan fingerprint density at radius 3 is 2.77 bits per heavy atom. The molecule has 1 aromatic rings. The van der Waals surface area contributed by atoms with Crippen molar-refractivity contribution >= 4 is 17.3 Å². The van der Waals surface area contributed by atoms with Crippen molar-refractivity contribution in [2.24, 2.45) is 0 Å². The predicted molar refractivity (Wildman–Crippen MR) is 84.1 cm³/mol. The molecule has 22 heavy (non-hydrogen) atoms. The summed E-state index contributed by atoms with van der Waals surface area (Å²) in [5.74, 6) is -0.827. The van der Waals surface area contributed by atoms with Crippen molar-refractivity contribution in [1.29, 1.82) is 0 Å². The number of rotatable bonds is 4. The first-order valence-corrected chi connectivity index (χ1v) is 8.39. The second kappa shape index (κ2) is 6.18. The minimum Gasteiger partial charge on any atom is -0.598 e. The topological polar surface area (TPSA) is 61.4 Å². The van der Waals surface area contributed by atoms with Crippen LogP contribution in [0.2, 0.25) is 0 Å². The van der Waals surface area contributed by atoms with Gasteiger partial charge in [-0.2, -0.15) is 0 Å². The Morgan fingerprint density at radius 1 is 1.50 bits per heavy atom. The van der Waals surface area contributed by atoms with Gasteiger partial charge in [-0.3, -0.25) is 4.79 Å². The fourth-order valence-corrected chi connectivity index (χ4v) is 3.69. The summed E-state index contributed by atoms with van der Waals surface area (Å²) in [6, 6.07) is 4.88. The number of ether oxygens (including phenoxy) is 1. The molecule has 0 heterocycles. The number of benzene rings is 1. The molecule has 0 bridgehead atoms. The maximum absolute atomic E-state index is 14.4. The molecule has 122 valence electrons. The number of hydrogen-bond acceptors (Lipinski definition) is 4. The van der Waals surface area contributed by atoms with Crippen LogP contribution in [-0.2, 0) is 32.9 Å². The van der Waals surface area contributed by atoms with Gasteiger partial charge in [-0.05, 0) is 45.2 Å². The number of nitrogens with one attached hydrogen (secondary N) is 1. The number of carbonyl (C=O) groups is 1. The largest absolute Gasteiger partial charge is 0.598 e. The maximum Gasteiger partial charge on any atom is 0.307 e. The van der Waals surface area contributed by atoms with E-state index in [0.717, 1.165) is 5.56 Å². The van der Waals surface area contributed by atoms with Crippen LogP contribution in [0.3, 0.4) is 0 Å². The van der Waals surface area contributed by atoms with Crippen molar-refractivity contribution in [2.75, 3.05) is 7.11 Å². The Bertz CT molecular complexity index is 573. The fraction of sp³-hybridized carbons (Fsp3) is 0.562. The van der Waals surface area contributed by atoms with E-state index in [2.05, 4.69) is 4.72 Å². The molecule has 0 saturated carbocycles. The highest BCUT2D eigenvalue weighted by Gasteiger charge is 2.48. The van der Waals surface area contributed by atoms with E-state index in [1.165, 1.54) is 13.2 Å². The molecule has 1 aliphatic carbocycles. The van der Waals surface area contributed by atoms with Crippen LogP contribution >= 0.6 is 0 Å². The molecule has 0 radical (unpaired) electrons. The summed E-state index contributed by atoms with van der Waals surface area (Å²) >= 11 is -1.42. The zero-order chi connectivity index (χ0) is 16.5. The van der Waals surface area contributed by atoms with Gasteiger partial charge in [-0.15, -0.1) is 4.72 Å². The predicted octanol–water partition coefficient (Wildman–Crippen LogP) is 2.58. The summed E-state index contributed by atoms with van der Waals surface area (Å²) in [6.45, 7) is 5.50. The van der Waals surface area contributed by atoms with Gasteiger partial charge in [0.25, 0.3) is 0 Å². The highest BCUT2D eigenvalue weighted by atomic mass is 32.2. The van der Waals surface area contributed by atoms with Crippen LogP contribution in [0.4, 0.5) is 4.39 Å². The van der Waals surface area contributed by atoms with Gasteiger partial charge in [0.15, 0.2) is 0 Å². The molecule has 0 amide bonds. The molecule has 1 aromatic carbocycles. The van der Waals surface area contributed by atoms with Crippen LogP contribution in [0.1, 0.15) is 44.7 Å². The van der Waals surface area contributed by atoms with Gasteiger partial charge < -0.3 is 9.29 Å². The number of methoxy groups -OCH3 is 1. The van der Waals surface area contributed by atoms with Gasteiger partial charge in [0.1, 0.15) is 16.1 Å². The summed E-state index contributed by atoms with van der Waals surface area (Å²) < 4.78 is 34.2. The van der Waals surface area contributed by atoms with Crippen LogP contribution in [0.5, 0.6) is 0 Å². The number of carbonyl (C=O) groups excluding carboxylic acids is 1. The first-order valence-electron chi connectivity index (χ1n) is 7.24. The second-order valence-electron chi connectivity index (χ2n) is 6.59. The van der Waals surface area contributed by atoms with E-state index in [-0.39, 0.29) is 12.2 Å². The van der Waals surface area contributed by atoms with Gasteiger partial charge in [0.2, 0.25) is 0 Å². The lowest BCUT2D eigenvalue weighted by atomic mass is 9.89. The third-order valence-electron chi connectivity index (χ3n) is 3.92. The molecule has 1 aliphatic rings. The van der Waals surface area contributed by atoms with E-state index in [1.807, 2.05) is 26.8 Å². The molecule has 2 rings (SSSR count). The highest BCUT2D eigenvalue weighted by Crippen LogP contribution is 2.42. The molecule has 0 aromatic heterocycles. The molecular weight excluding hydrogens is 305 g/mol. The number of hydrogen-bond donors (Lipinski definition) is 1. The summed E-state index contributed by atoms with van der Waals surface area (Å²) in [4.78, 5) is 11.8. The number of halogens is 1. The Kier molecular flexibility index (Phi) is 4.84. The van der Waals surface area contributed by atoms with Gasteiger partial charge in [-0.25, -0.2) is 4.39 Å². The SMILES string of the molecule is COC(=O)C[C@@]1(N[S@+]([O-])C(C)(C)C)CCc2cccc(F)c21. The number of fused-ring (bicyclic) bond motifs is 1. The Balaban J connectivity index is 2.44. The van der Waals surface area contributed by atoms with Gasteiger partial charge in [0.05, 0.1) is 13.5 Å². The van der Waals surface area contributed by atoms with E-state index in [9.17, 15) is 13.7 Å². The fourth-order valence-electron chi connectivity index (χ4n) is 2.75. The summed E-state index contributed by atoms with van der Waals surface area (Å²) in [5.41, 5.74) is 0.312. The molecule has 6 heteroatoms. The van der Waals surface area contributed by atoms with Crippen LogP contribution in [-0.4, -0.2) is 22.4 Å². The van der Waals surface area contributed by atoms with Crippen molar-refractivity contribution in [3.8, 4) is 0 Å². The molecule has 4 nitrogen and oxygen atoms in total. The zero-order valence-corrected chi connectivity index (χ0v) is 14.2. The van der Waals surface area contributed by atoms with E-state index in [4.69, 9.17) is 4.74 Å². The summed E-state index contributed by atoms with van der Waals surface area (Å²) in [5, 5.41) is 0. The third kappa shape index (κ3) is 3.29. The van der Waals surface area contributed by atoms with Gasteiger partial charge in [-0.1, -0.05) is 12.1 Å². The first kappa shape index (κ1) is 17.2. The molecule has 0 fully saturated rings. The minimum absolute atomic E-state index is 0.0424. The Hall–Kier alpha value is -1.11. The quantitative estimate of drug-likeness (QED) is 0.682. The lowest BCUT2D eigenvalue weighted by molar-refractivity contribution is -0.142. The molecular formula is C16H22FNO3S. The monoisotopic (exact) mass is 327 g/mol. The smallest absolute Gasteiger partial charge is 0.307 e. The van der Waals surface area contributed by atoms with Crippen LogP contribution < -0.4 is 4.72 Å². The van der Waals surface area contributed by atoms with E-state index >= 15 is 0 Å². The minimum atomic E-state index is -1.42. The molecule has 0 spiro atoms. The van der Waals surface area contributed by atoms with Crippen molar-refractivity contribution in [3.63, 3.8) is 0 Å². The lowest BCUT2D eigenvalue weighted by Crippen LogP contribution is -2.51. The summed E-state index contributed by atoms with van der Waals surface area (Å²) in [7, 11) is 1.30. The van der Waals surface area contributed by atoms with E-state index in [1.54, 1.807) is 6.07 Å². The first-order chi connectivity index (χ1) is 10.2. The maximum atomic E-state index is 14.4. The molecule has 1 N–H and O–H groups in total. The van der Waals surface area contributed by atoms with Crippen molar-refractivity contribution < 1.29 is 18.5 Å². The molecule has 0 saturated heterocycles. The van der Waals surface area contributed by atoms with E-state index in [0.29, 0.717) is 18.4 Å². The van der Waals surface area contributed by atoms with Crippen molar-refractivity contribution in [1.82, 2.24) is 4.72 Å². The standard InChI is InChI=1S/C16H22FNO3S/c1-15(2,3)22(20)18-16(10-13(19)21-4)9-8-11-6-5-7-12(17)14(11)16/h5-7,18H,8-10H2,1-4H3/t16-,22+/m0/s1. The zero-order valence-electron chi connectivity index (χ0n) is 13.4. The summed E-state index contributed by atoms with van der Waals surface area (Å²) in [6.07, 6.45) is 1.11. The normalized spacial score (nSPS) is 22.3. The van der Waals surface area contributed by atoms with Crippen molar-refractivity contribution in [2.45, 2.75) is 50.3 Å². The molecule has 0 aliphatic heterocycles. The average Bonchev–Trinajstić information content (AvgIpc) is 2.78. The van der Waals surface area contributed by atoms with Crippen LogP contribution in [0.15, 0.2) is 18.2 Å². The average molecular weight is 327 g/mol. The van der Waals surface area contributed by atoms with E-state index < -0.39 is 27.6 Å². The second-order valence-corrected chi connectivity index (χ2v) is 8.56. The van der Waals surface area contributed by atoms with Crippen molar-refractivity contribution in [3.05, 3.63) is 35.1 Å². The van der Waals surface area contributed by atoms with Crippen LogP contribution in [0, 0.1) is 5.82 Å². The number of aryl methyl sites for hydroxylation is 1. The highest BCUT2D eigenvalue weighted by molar-refractivity contribution is 7.90. The van der Waals surface area contributed by atoms with Gasteiger partial charge in [0, 0.05) is 16.9 Å². The Labute approximate surface area is 133 Å². The molecule has 0 unspecified atom stereocenters. The molecule has 2 atom stereocenters.